The Bertz CT molecular complexity index is 959. The van der Waals surface area contributed by atoms with E-state index in [1.807, 2.05) is 35.8 Å². The fourth-order valence-electron chi connectivity index (χ4n) is 2.76. The summed E-state index contributed by atoms with van der Waals surface area (Å²) < 4.78 is 12.9. The number of rotatable bonds is 9. The summed E-state index contributed by atoms with van der Waals surface area (Å²) in [6.45, 7) is 3.76. The van der Waals surface area contributed by atoms with Crippen LogP contribution in [0.5, 0.6) is 5.75 Å². The standard InChI is InChI=1S/C20H21Cl2N3O3/c1-2-27-11-5-10-25-17-7-4-3-6-16(17)23-20(25)24-19(26)13-28-18-12-14(21)8-9-15(18)22/h3-4,6-9,12H,2,5,10-11,13H2,1H3,(H,23,24,26). The van der Waals surface area contributed by atoms with Crippen molar-refractivity contribution in [3.8, 4) is 5.75 Å². The van der Waals surface area contributed by atoms with E-state index in [0.29, 0.717) is 41.5 Å². The molecule has 0 aliphatic heterocycles. The van der Waals surface area contributed by atoms with Crippen LogP contribution >= 0.6 is 23.2 Å². The predicted octanol–water partition coefficient (Wildman–Crippen LogP) is 4.79. The van der Waals surface area contributed by atoms with E-state index < -0.39 is 0 Å². The van der Waals surface area contributed by atoms with Crippen LogP contribution in [0.1, 0.15) is 13.3 Å². The molecule has 0 aliphatic carbocycles. The lowest BCUT2D eigenvalue weighted by atomic mass is 10.3. The number of carbonyl (C=O) groups is 1. The molecule has 0 aliphatic rings. The molecule has 0 atom stereocenters. The van der Waals surface area contributed by atoms with E-state index in [9.17, 15) is 4.79 Å². The lowest BCUT2D eigenvalue weighted by Crippen LogP contribution is -2.22. The summed E-state index contributed by atoms with van der Waals surface area (Å²) in [6.07, 6.45) is 0.811. The number of aryl methyl sites for hydroxylation is 1. The number of ether oxygens (including phenoxy) is 2. The number of fused-ring (bicyclic) bond motifs is 1. The smallest absolute Gasteiger partial charge is 0.264 e. The normalized spacial score (nSPS) is 11.0. The van der Waals surface area contributed by atoms with Crippen molar-refractivity contribution in [2.75, 3.05) is 25.1 Å². The van der Waals surface area contributed by atoms with Crippen LogP contribution in [0.25, 0.3) is 11.0 Å². The van der Waals surface area contributed by atoms with E-state index in [4.69, 9.17) is 32.7 Å². The molecular formula is C20H21Cl2N3O3. The summed E-state index contributed by atoms with van der Waals surface area (Å²) in [7, 11) is 0. The van der Waals surface area contributed by atoms with Crippen molar-refractivity contribution >= 4 is 46.1 Å². The molecule has 8 heteroatoms. The number of nitrogens with one attached hydrogen (secondary N) is 1. The van der Waals surface area contributed by atoms with E-state index in [0.717, 1.165) is 17.5 Å². The fourth-order valence-corrected chi connectivity index (χ4v) is 3.09. The van der Waals surface area contributed by atoms with Crippen molar-refractivity contribution in [3.63, 3.8) is 0 Å². The number of hydrogen-bond acceptors (Lipinski definition) is 4. The summed E-state index contributed by atoms with van der Waals surface area (Å²) in [5.74, 6) is 0.496. The molecule has 0 saturated carbocycles. The van der Waals surface area contributed by atoms with Gasteiger partial charge in [0.15, 0.2) is 6.61 Å². The predicted molar refractivity (Wildman–Crippen MR) is 111 cm³/mol. The van der Waals surface area contributed by atoms with Crippen LogP contribution in [-0.2, 0) is 16.1 Å². The first-order chi connectivity index (χ1) is 13.6. The summed E-state index contributed by atoms with van der Waals surface area (Å²) >= 11 is 12.0. The quantitative estimate of drug-likeness (QED) is 0.504. The van der Waals surface area contributed by atoms with Gasteiger partial charge in [-0.05, 0) is 37.6 Å². The molecule has 28 heavy (non-hydrogen) atoms. The number of benzene rings is 2. The molecule has 1 amide bonds. The van der Waals surface area contributed by atoms with Crippen molar-refractivity contribution in [1.29, 1.82) is 0 Å². The molecule has 0 saturated heterocycles. The highest BCUT2D eigenvalue weighted by molar-refractivity contribution is 6.34. The number of aromatic nitrogens is 2. The average Bonchev–Trinajstić information content (AvgIpc) is 3.03. The highest BCUT2D eigenvalue weighted by atomic mass is 35.5. The van der Waals surface area contributed by atoms with Crippen LogP contribution in [0, 0.1) is 0 Å². The number of imidazole rings is 1. The van der Waals surface area contributed by atoms with Crippen molar-refractivity contribution in [2.24, 2.45) is 0 Å². The Kier molecular flexibility index (Phi) is 7.14. The molecule has 1 N–H and O–H groups in total. The third kappa shape index (κ3) is 5.16. The zero-order valence-corrected chi connectivity index (χ0v) is 17.0. The van der Waals surface area contributed by atoms with Crippen LogP contribution in [0.4, 0.5) is 5.95 Å². The minimum Gasteiger partial charge on any atom is -0.482 e. The van der Waals surface area contributed by atoms with Gasteiger partial charge in [0.25, 0.3) is 5.91 Å². The zero-order valence-electron chi connectivity index (χ0n) is 15.5. The van der Waals surface area contributed by atoms with Gasteiger partial charge in [0.1, 0.15) is 5.75 Å². The molecule has 2 aromatic carbocycles. The molecule has 148 valence electrons. The molecule has 6 nitrogen and oxygen atoms in total. The van der Waals surface area contributed by atoms with Crippen molar-refractivity contribution in [1.82, 2.24) is 9.55 Å². The zero-order chi connectivity index (χ0) is 19.9. The minimum absolute atomic E-state index is 0.206. The van der Waals surface area contributed by atoms with E-state index in [2.05, 4.69) is 10.3 Å². The summed E-state index contributed by atoms with van der Waals surface area (Å²) in [5.41, 5.74) is 1.76. The van der Waals surface area contributed by atoms with Gasteiger partial charge in [-0.1, -0.05) is 35.3 Å². The van der Waals surface area contributed by atoms with Crippen LogP contribution in [0.3, 0.4) is 0 Å². The molecule has 1 aromatic heterocycles. The van der Waals surface area contributed by atoms with Gasteiger partial charge < -0.3 is 14.0 Å². The third-order valence-electron chi connectivity index (χ3n) is 4.03. The number of amides is 1. The van der Waals surface area contributed by atoms with Gasteiger partial charge in [0, 0.05) is 30.8 Å². The maximum absolute atomic E-state index is 12.4. The van der Waals surface area contributed by atoms with E-state index in [1.54, 1.807) is 18.2 Å². The van der Waals surface area contributed by atoms with Crippen molar-refractivity contribution < 1.29 is 14.3 Å². The van der Waals surface area contributed by atoms with E-state index >= 15 is 0 Å². The van der Waals surface area contributed by atoms with Gasteiger partial charge >= 0.3 is 0 Å². The van der Waals surface area contributed by atoms with Gasteiger partial charge in [-0.25, -0.2) is 4.98 Å². The second-order valence-electron chi connectivity index (χ2n) is 6.04. The first kappa shape index (κ1) is 20.5. The van der Waals surface area contributed by atoms with Crippen molar-refractivity contribution in [3.05, 3.63) is 52.5 Å². The minimum atomic E-state index is -0.336. The number of hydrogen-bond donors (Lipinski definition) is 1. The van der Waals surface area contributed by atoms with Gasteiger partial charge in [-0.2, -0.15) is 0 Å². The largest absolute Gasteiger partial charge is 0.482 e. The SMILES string of the molecule is CCOCCCn1c(NC(=O)COc2cc(Cl)ccc2Cl)nc2ccccc21. The number of carbonyl (C=O) groups excluding carboxylic acids is 1. The lowest BCUT2D eigenvalue weighted by Gasteiger charge is -2.11. The molecule has 0 radical (unpaired) electrons. The molecule has 0 spiro atoms. The summed E-state index contributed by atoms with van der Waals surface area (Å²) in [5, 5.41) is 3.69. The second-order valence-corrected chi connectivity index (χ2v) is 6.88. The van der Waals surface area contributed by atoms with E-state index in [-0.39, 0.29) is 12.5 Å². The maximum Gasteiger partial charge on any atom is 0.264 e. The van der Waals surface area contributed by atoms with Crippen molar-refractivity contribution in [2.45, 2.75) is 19.9 Å². The molecule has 3 aromatic rings. The third-order valence-corrected chi connectivity index (χ3v) is 4.58. The molecule has 0 unspecified atom stereocenters. The highest BCUT2D eigenvalue weighted by Gasteiger charge is 2.14. The Morgan fingerprint density at radius 1 is 1.21 bits per heavy atom. The van der Waals surface area contributed by atoms with Crippen LogP contribution < -0.4 is 10.1 Å². The Hall–Kier alpha value is -2.28. The molecular weight excluding hydrogens is 401 g/mol. The first-order valence-electron chi connectivity index (χ1n) is 8.99. The fraction of sp³-hybridized carbons (Fsp3) is 0.300. The topological polar surface area (TPSA) is 65.4 Å². The monoisotopic (exact) mass is 421 g/mol. The first-order valence-corrected chi connectivity index (χ1v) is 9.74. The Morgan fingerprint density at radius 3 is 2.86 bits per heavy atom. The van der Waals surface area contributed by atoms with E-state index in [1.165, 1.54) is 0 Å². The highest BCUT2D eigenvalue weighted by Crippen LogP contribution is 2.27. The van der Waals surface area contributed by atoms with Crippen LogP contribution in [-0.4, -0.2) is 35.3 Å². The van der Waals surface area contributed by atoms with Crippen LogP contribution in [0.15, 0.2) is 42.5 Å². The Labute approximate surface area is 173 Å². The Balaban J connectivity index is 1.69. The lowest BCUT2D eigenvalue weighted by molar-refractivity contribution is -0.118. The summed E-state index contributed by atoms with van der Waals surface area (Å²) in [4.78, 5) is 16.9. The number of halogens is 2. The van der Waals surface area contributed by atoms with Gasteiger partial charge in [-0.15, -0.1) is 0 Å². The molecule has 0 fully saturated rings. The van der Waals surface area contributed by atoms with Gasteiger partial charge in [0.05, 0.1) is 16.1 Å². The molecule has 3 rings (SSSR count). The van der Waals surface area contributed by atoms with Gasteiger partial charge in [-0.3, -0.25) is 10.1 Å². The average molecular weight is 422 g/mol. The number of nitrogens with zero attached hydrogens (tertiary/aromatic N) is 2. The summed E-state index contributed by atoms with van der Waals surface area (Å²) in [6, 6.07) is 12.6. The number of para-hydroxylation sites is 2. The molecule has 1 heterocycles. The Morgan fingerprint density at radius 2 is 2.04 bits per heavy atom. The molecule has 0 bridgehead atoms. The number of anilines is 1. The van der Waals surface area contributed by atoms with Crippen LogP contribution in [0.2, 0.25) is 10.0 Å². The van der Waals surface area contributed by atoms with Gasteiger partial charge in [0.2, 0.25) is 5.95 Å². The second kappa shape index (κ2) is 9.78. The maximum atomic E-state index is 12.4.